The van der Waals surface area contributed by atoms with Crippen molar-refractivity contribution in [3.63, 3.8) is 0 Å². The second-order valence-corrected chi connectivity index (χ2v) is 5.12. The lowest BCUT2D eigenvalue weighted by Gasteiger charge is -2.19. The van der Waals surface area contributed by atoms with Gasteiger partial charge in [-0.3, -0.25) is 4.79 Å². The fraction of sp³-hybridized carbons (Fsp3) is 0.357. The number of benzene rings is 1. The van der Waals surface area contributed by atoms with Crippen molar-refractivity contribution in [1.29, 1.82) is 0 Å². The molecule has 1 heterocycles. The monoisotopic (exact) mass is 271 g/mol. The number of para-hydroxylation sites is 1. The first-order valence-electron chi connectivity index (χ1n) is 6.66. The highest BCUT2D eigenvalue weighted by Gasteiger charge is 2.24. The lowest BCUT2D eigenvalue weighted by molar-refractivity contribution is -0.119. The Labute approximate surface area is 117 Å². The number of hydrogen-bond acceptors (Lipinski definition) is 5. The van der Waals surface area contributed by atoms with Crippen molar-refractivity contribution in [2.75, 3.05) is 24.2 Å². The van der Waals surface area contributed by atoms with Gasteiger partial charge in [-0.2, -0.15) is 4.98 Å². The molecule has 1 aliphatic rings. The molecule has 0 unspecified atom stereocenters. The second kappa shape index (κ2) is 4.96. The molecule has 0 aliphatic heterocycles. The third-order valence-electron chi connectivity index (χ3n) is 3.29. The number of nitrogens with zero attached hydrogens (tertiary/aromatic N) is 3. The molecule has 0 radical (unpaired) electrons. The first-order valence-corrected chi connectivity index (χ1v) is 6.66. The van der Waals surface area contributed by atoms with E-state index in [1.54, 1.807) is 4.90 Å². The van der Waals surface area contributed by atoms with Gasteiger partial charge in [0.1, 0.15) is 5.82 Å². The number of anilines is 2. The van der Waals surface area contributed by atoms with E-state index in [1.165, 1.54) is 0 Å². The lowest BCUT2D eigenvalue weighted by atomic mass is 10.2. The van der Waals surface area contributed by atoms with Crippen LogP contribution in [0.4, 0.5) is 11.8 Å². The average Bonchev–Trinajstić information content (AvgIpc) is 3.21. The maximum atomic E-state index is 11.9. The van der Waals surface area contributed by atoms with Gasteiger partial charge in [0.15, 0.2) is 0 Å². The summed E-state index contributed by atoms with van der Waals surface area (Å²) in [7, 11) is 1.83. The first kappa shape index (κ1) is 12.7. The summed E-state index contributed by atoms with van der Waals surface area (Å²) in [6.45, 7) is 0.261. The first-order chi connectivity index (χ1) is 9.63. The zero-order valence-electron chi connectivity index (χ0n) is 11.3. The predicted octanol–water partition coefficient (Wildman–Crippen LogP) is 0.927. The summed E-state index contributed by atoms with van der Waals surface area (Å²) in [6, 6.07) is 8.00. The van der Waals surface area contributed by atoms with E-state index >= 15 is 0 Å². The smallest absolute Gasteiger partial charge is 0.239 e. The Hall–Kier alpha value is -2.37. The van der Waals surface area contributed by atoms with Crippen LogP contribution in [0.25, 0.3) is 10.9 Å². The summed E-state index contributed by atoms with van der Waals surface area (Å²) in [5.41, 5.74) is 6.52. The third kappa shape index (κ3) is 2.64. The van der Waals surface area contributed by atoms with Crippen LogP contribution in [0, 0.1) is 0 Å². The number of nitrogens with two attached hydrogens (primary N) is 1. The van der Waals surface area contributed by atoms with E-state index in [0.29, 0.717) is 11.9 Å². The lowest BCUT2D eigenvalue weighted by Crippen LogP contribution is -2.36. The summed E-state index contributed by atoms with van der Waals surface area (Å²) in [4.78, 5) is 22.1. The van der Waals surface area contributed by atoms with Gasteiger partial charge in [-0.1, -0.05) is 12.1 Å². The maximum Gasteiger partial charge on any atom is 0.239 e. The Bertz CT molecular complexity index is 653. The minimum absolute atomic E-state index is 0.0104. The SMILES string of the molecule is CN(CC(=O)NC1CC1)c1nc(N)nc2ccccc12. The molecular weight excluding hydrogens is 254 g/mol. The van der Waals surface area contributed by atoms with Crippen LogP contribution in [0.5, 0.6) is 0 Å². The van der Waals surface area contributed by atoms with Crippen molar-refractivity contribution in [2.45, 2.75) is 18.9 Å². The molecule has 0 atom stereocenters. The van der Waals surface area contributed by atoms with Gasteiger partial charge in [-0.15, -0.1) is 0 Å². The fourth-order valence-corrected chi connectivity index (χ4v) is 2.16. The van der Waals surface area contributed by atoms with Gasteiger partial charge in [0.25, 0.3) is 0 Å². The van der Waals surface area contributed by atoms with Crippen molar-refractivity contribution in [3.05, 3.63) is 24.3 Å². The van der Waals surface area contributed by atoms with Crippen molar-refractivity contribution >= 4 is 28.6 Å². The van der Waals surface area contributed by atoms with Crippen molar-refractivity contribution in [3.8, 4) is 0 Å². The molecule has 6 heteroatoms. The number of rotatable bonds is 4. The Morgan fingerprint density at radius 2 is 2.15 bits per heavy atom. The Morgan fingerprint density at radius 3 is 2.90 bits per heavy atom. The van der Waals surface area contributed by atoms with Gasteiger partial charge in [0.05, 0.1) is 12.1 Å². The van der Waals surface area contributed by atoms with Gasteiger partial charge in [0.2, 0.25) is 11.9 Å². The molecule has 20 heavy (non-hydrogen) atoms. The standard InChI is InChI=1S/C14H17N5O/c1-19(8-12(20)16-9-6-7-9)13-10-4-2-3-5-11(10)17-14(15)18-13/h2-5,9H,6-8H2,1H3,(H,16,20)(H2,15,17,18). The van der Waals surface area contributed by atoms with Gasteiger partial charge in [-0.05, 0) is 25.0 Å². The van der Waals surface area contributed by atoms with Crippen LogP contribution in [-0.2, 0) is 4.79 Å². The third-order valence-corrected chi connectivity index (χ3v) is 3.29. The number of nitrogen functional groups attached to an aromatic ring is 1. The minimum Gasteiger partial charge on any atom is -0.368 e. The molecule has 1 aromatic heterocycles. The van der Waals surface area contributed by atoms with Crippen LogP contribution in [0.2, 0.25) is 0 Å². The van der Waals surface area contributed by atoms with E-state index in [2.05, 4.69) is 15.3 Å². The molecule has 3 N–H and O–H groups in total. The molecule has 1 amide bonds. The molecule has 1 aliphatic carbocycles. The van der Waals surface area contributed by atoms with E-state index in [9.17, 15) is 4.79 Å². The van der Waals surface area contributed by atoms with Crippen LogP contribution in [0.15, 0.2) is 24.3 Å². The number of carbonyl (C=O) groups is 1. The summed E-state index contributed by atoms with van der Waals surface area (Å²) in [5, 5.41) is 3.85. The number of aromatic nitrogens is 2. The number of hydrogen-bond donors (Lipinski definition) is 2. The van der Waals surface area contributed by atoms with Crippen molar-refractivity contribution < 1.29 is 4.79 Å². The average molecular weight is 271 g/mol. The second-order valence-electron chi connectivity index (χ2n) is 5.12. The van der Waals surface area contributed by atoms with E-state index in [4.69, 9.17) is 5.73 Å². The molecule has 6 nitrogen and oxygen atoms in total. The van der Waals surface area contributed by atoms with Gasteiger partial charge < -0.3 is 16.0 Å². The van der Waals surface area contributed by atoms with E-state index in [-0.39, 0.29) is 18.4 Å². The number of carbonyl (C=O) groups excluding carboxylic acids is 1. The quantitative estimate of drug-likeness (QED) is 0.864. The van der Waals surface area contributed by atoms with E-state index < -0.39 is 0 Å². The summed E-state index contributed by atoms with van der Waals surface area (Å²) in [6.07, 6.45) is 2.16. The topological polar surface area (TPSA) is 84.1 Å². The number of likely N-dealkylation sites (N-methyl/N-ethyl adjacent to an activating group) is 1. The largest absolute Gasteiger partial charge is 0.368 e. The van der Waals surface area contributed by atoms with E-state index in [1.807, 2.05) is 31.3 Å². The number of amides is 1. The number of nitrogens with one attached hydrogen (secondary N) is 1. The molecule has 3 rings (SSSR count). The molecular formula is C14H17N5O. The van der Waals surface area contributed by atoms with Crippen LogP contribution in [0.3, 0.4) is 0 Å². The Balaban J connectivity index is 1.86. The molecule has 2 aromatic rings. The van der Waals surface area contributed by atoms with Crippen LogP contribution < -0.4 is 16.0 Å². The van der Waals surface area contributed by atoms with Crippen molar-refractivity contribution in [2.24, 2.45) is 0 Å². The highest BCUT2D eigenvalue weighted by atomic mass is 16.2. The molecule has 1 fully saturated rings. The molecule has 0 saturated heterocycles. The molecule has 0 spiro atoms. The summed E-state index contributed by atoms with van der Waals surface area (Å²) >= 11 is 0. The zero-order valence-corrected chi connectivity index (χ0v) is 11.3. The molecule has 1 aromatic carbocycles. The minimum atomic E-state index is 0.0104. The molecule has 104 valence electrons. The fourth-order valence-electron chi connectivity index (χ4n) is 2.16. The normalized spacial score (nSPS) is 14.2. The summed E-state index contributed by atoms with van der Waals surface area (Å²) < 4.78 is 0. The predicted molar refractivity (Wildman–Crippen MR) is 78.4 cm³/mol. The summed E-state index contributed by atoms with van der Waals surface area (Å²) in [5.74, 6) is 0.906. The van der Waals surface area contributed by atoms with E-state index in [0.717, 1.165) is 23.7 Å². The number of fused-ring (bicyclic) bond motifs is 1. The highest BCUT2D eigenvalue weighted by molar-refractivity contribution is 5.92. The molecule has 0 bridgehead atoms. The van der Waals surface area contributed by atoms with Crippen LogP contribution >= 0.6 is 0 Å². The Morgan fingerprint density at radius 1 is 1.40 bits per heavy atom. The van der Waals surface area contributed by atoms with Gasteiger partial charge in [0, 0.05) is 18.5 Å². The van der Waals surface area contributed by atoms with Crippen LogP contribution in [0.1, 0.15) is 12.8 Å². The van der Waals surface area contributed by atoms with Gasteiger partial charge in [-0.25, -0.2) is 4.98 Å². The van der Waals surface area contributed by atoms with Crippen LogP contribution in [-0.4, -0.2) is 35.5 Å². The molecule has 1 saturated carbocycles. The highest BCUT2D eigenvalue weighted by Crippen LogP contribution is 2.23. The Kier molecular flexibility index (Phi) is 3.14. The maximum absolute atomic E-state index is 11.9. The zero-order chi connectivity index (χ0) is 14.1. The van der Waals surface area contributed by atoms with Gasteiger partial charge >= 0.3 is 0 Å². The van der Waals surface area contributed by atoms with Crippen molar-refractivity contribution in [1.82, 2.24) is 15.3 Å².